The number of carbonyl (C=O) groups is 1. The molecule has 30 heavy (non-hydrogen) atoms. The molecule has 3 aliphatic rings. The number of carbonyl (C=O) groups excluding carboxylic acids is 1. The second kappa shape index (κ2) is 8.04. The van der Waals surface area contributed by atoms with Crippen LogP contribution in [0.4, 0.5) is 0 Å². The van der Waals surface area contributed by atoms with Gasteiger partial charge >= 0.3 is 0 Å². The molecule has 4 rings (SSSR count). The molecule has 1 N–H and O–H groups in total. The number of hydrogen-bond acceptors (Lipinski definition) is 5. The van der Waals surface area contributed by atoms with Crippen molar-refractivity contribution in [2.75, 3.05) is 34.5 Å². The molecular formula is C24H35NO5. The lowest BCUT2D eigenvalue weighted by atomic mass is 9.59. The number of methoxy groups -OCH3 is 3. The molecule has 1 amide bonds. The molecule has 2 aliphatic carbocycles. The number of rotatable bonds is 7. The highest BCUT2D eigenvalue weighted by molar-refractivity contribution is 5.76. The minimum atomic E-state index is 0.0121. The zero-order valence-corrected chi connectivity index (χ0v) is 18.8. The Kier molecular flexibility index (Phi) is 5.75. The van der Waals surface area contributed by atoms with Gasteiger partial charge in [-0.1, -0.05) is 19.9 Å². The van der Waals surface area contributed by atoms with Gasteiger partial charge in [-0.25, -0.2) is 0 Å². The second-order valence-electron chi connectivity index (χ2n) is 9.70. The first kappa shape index (κ1) is 21.4. The highest BCUT2D eigenvalue weighted by Crippen LogP contribution is 2.70. The maximum Gasteiger partial charge on any atom is 0.222 e. The molecule has 0 aromatic heterocycles. The molecule has 6 heteroatoms. The van der Waals surface area contributed by atoms with E-state index in [9.17, 15) is 4.79 Å². The molecule has 5 atom stereocenters. The number of fused-ring (bicyclic) bond motifs is 1. The lowest BCUT2D eigenvalue weighted by Crippen LogP contribution is -2.59. The van der Waals surface area contributed by atoms with Crippen LogP contribution in [0, 0.1) is 22.7 Å². The zero-order valence-electron chi connectivity index (χ0n) is 18.8. The van der Waals surface area contributed by atoms with Crippen LogP contribution >= 0.6 is 0 Å². The van der Waals surface area contributed by atoms with E-state index in [1.807, 2.05) is 12.1 Å². The molecule has 1 spiro atoms. The van der Waals surface area contributed by atoms with E-state index in [2.05, 4.69) is 25.2 Å². The molecule has 2 bridgehead atoms. The molecule has 6 nitrogen and oxygen atoms in total. The van der Waals surface area contributed by atoms with E-state index in [-0.39, 0.29) is 28.9 Å². The van der Waals surface area contributed by atoms with Crippen LogP contribution < -0.4 is 14.8 Å². The molecule has 1 aromatic carbocycles. The Balaban J connectivity index is 1.63. The highest BCUT2D eigenvalue weighted by atomic mass is 16.5. The summed E-state index contributed by atoms with van der Waals surface area (Å²) in [4.78, 5) is 12.6. The van der Waals surface area contributed by atoms with Crippen molar-refractivity contribution in [2.24, 2.45) is 22.7 Å². The summed E-state index contributed by atoms with van der Waals surface area (Å²) in [6, 6.07) is 6.25. The van der Waals surface area contributed by atoms with Crippen LogP contribution in [0.25, 0.3) is 0 Å². The Morgan fingerprint density at radius 1 is 1.20 bits per heavy atom. The maximum atomic E-state index is 12.6. The van der Waals surface area contributed by atoms with Crippen molar-refractivity contribution < 1.29 is 23.7 Å². The molecule has 1 aliphatic heterocycles. The number of hydrogen-bond donors (Lipinski definition) is 1. The molecule has 1 saturated heterocycles. The number of nitrogens with one attached hydrogen (secondary N) is 1. The molecular weight excluding hydrogens is 382 g/mol. The number of amides is 1. The van der Waals surface area contributed by atoms with Crippen molar-refractivity contribution in [2.45, 2.75) is 51.7 Å². The summed E-state index contributed by atoms with van der Waals surface area (Å²) in [5.41, 5.74) is 1.29. The average molecular weight is 418 g/mol. The predicted octanol–water partition coefficient (Wildman–Crippen LogP) is 3.74. The Hall–Kier alpha value is -1.79. The van der Waals surface area contributed by atoms with Crippen molar-refractivity contribution in [1.29, 1.82) is 0 Å². The monoisotopic (exact) mass is 417 g/mol. The fourth-order valence-corrected chi connectivity index (χ4v) is 6.57. The van der Waals surface area contributed by atoms with Crippen LogP contribution in [0.1, 0.15) is 51.2 Å². The van der Waals surface area contributed by atoms with Crippen LogP contribution in [0.3, 0.4) is 0 Å². The zero-order chi connectivity index (χ0) is 21.5. The lowest BCUT2D eigenvalue weighted by Gasteiger charge is -2.53. The van der Waals surface area contributed by atoms with Gasteiger partial charge in [0, 0.05) is 26.2 Å². The SMILES string of the molecule is COCCC(=O)N[C@H]1C(C)(C)[C@@H]2C[C@@H]3[C@@H](c4ccc(OC)c(OC)c4)OCCC31C2. The first-order valence-electron chi connectivity index (χ1n) is 11.0. The van der Waals surface area contributed by atoms with Crippen molar-refractivity contribution in [3.63, 3.8) is 0 Å². The third-order valence-corrected chi connectivity index (χ3v) is 8.08. The van der Waals surface area contributed by atoms with Crippen LogP contribution in [0.2, 0.25) is 0 Å². The largest absolute Gasteiger partial charge is 0.493 e. The van der Waals surface area contributed by atoms with E-state index >= 15 is 0 Å². The molecule has 1 unspecified atom stereocenters. The summed E-state index contributed by atoms with van der Waals surface area (Å²) < 4.78 is 22.4. The van der Waals surface area contributed by atoms with E-state index in [1.54, 1.807) is 21.3 Å². The molecule has 2 saturated carbocycles. The predicted molar refractivity (Wildman–Crippen MR) is 114 cm³/mol. The molecule has 166 valence electrons. The van der Waals surface area contributed by atoms with E-state index in [0.717, 1.165) is 36.3 Å². The Labute approximate surface area is 179 Å². The summed E-state index contributed by atoms with van der Waals surface area (Å²) >= 11 is 0. The Bertz CT molecular complexity index is 794. The standard InChI is InChI=1S/C24H35NO5/c1-23(2)16-13-17-21(15-6-7-18(28-4)19(12-15)29-5)30-11-9-24(17,14-16)22(23)25-20(26)8-10-27-3/h6-7,12,16-17,21-22H,8-11,13-14H2,1-5H3,(H,25,26)/t16-,17-,21-,22+,24?/m1/s1. The van der Waals surface area contributed by atoms with Crippen LogP contribution in [0.5, 0.6) is 11.5 Å². The van der Waals surface area contributed by atoms with Gasteiger partial charge in [0.1, 0.15) is 0 Å². The molecule has 3 fully saturated rings. The third kappa shape index (κ3) is 3.28. The van der Waals surface area contributed by atoms with E-state index in [0.29, 0.717) is 31.5 Å². The van der Waals surface area contributed by atoms with Gasteiger partial charge in [-0.15, -0.1) is 0 Å². The molecule has 0 radical (unpaired) electrons. The lowest BCUT2D eigenvalue weighted by molar-refractivity contribution is -0.137. The maximum absolute atomic E-state index is 12.6. The summed E-state index contributed by atoms with van der Waals surface area (Å²) in [6.07, 6.45) is 3.71. The van der Waals surface area contributed by atoms with Crippen molar-refractivity contribution in [1.82, 2.24) is 5.32 Å². The smallest absolute Gasteiger partial charge is 0.222 e. The Morgan fingerprint density at radius 3 is 2.67 bits per heavy atom. The summed E-state index contributed by atoms with van der Waals surface area (Å²) in [5.74, 6) is 2.51. The van der Waals surface area contributed by atoms with Gasteiger partial charge in [-0.2, -0.15) is 0 Å². The molecule has 1 heterocycles. The van der Waals surface area contributed by atoms with Crippen molar-refractivity contribution >= 4 is 5.91 Å². The second-order valence-corrected chi connectivity index (χ2v) is 9.70. The van der Waals surface area contributed by atoms with Gasteiger partial charge in [0.05, 0.1) is 26.9 Å². The minimum Gasteiger partial charge on any atom is -0.493 e. The molecule has 1 aromatic rings. The van der Waals surface area contributed by atoms with Gasteiger partial charge in [-0.05, 0) is 59.6 Å². The first-order chi connectivity index (χ1) is 14.4. The number of ether oxygens (including phenoxy) is 4. The average Bonchev–Trinajstić information content (AvgIpc) is 3.24. The topological polar surface area (TPSA) is 66.0 Å². The van der Waals surface area contributed by atoms with Gasteiger partial charge in [-0.3, -0.25) is 4.79 Å². The van der Waals surface area contributed by atoms with Gasteiger partial charge in [0.15, 0.2) is 11.5 Å². The van der Waals surface area contributed by atoms with Gasteiger partial charge in [0.2, 0.25) is 5.91 Å². The quantitative estimate of drug-likeness (QED) is 0.732. The normalized spacial score (nSPS) is 33.8. The summed E-state index contributed by atoms with van der Waals surface area (Å²) in [7, 11) is 4.95. The first-order valence-corrected chi connectivity index (χ1v) is 11.0. The van der Waals surface area contributed by atoms with Crippen molar-refractivity contribution in [3.8, 4) is 11.5 Å². The van der Waals surface area contributed by atoms with Crippen LogP contribution in [-0.4, -0.2) is 46.5 Å². The Morgan fingerprint density at radius 2 is 1.97 bits per heavy atom. The fourth-order valence-electron chi connectivity index (χ4n) is 6.57. The van der Waals surface area contributed by atoms with Crippen LogP contribution in [-0.2, 0) is 14.3 Å². The fraction of sp³-hybridized carbons (Fsp3) is 0.708. The third-order valence-electron chi connectivity index (χ3n) is 8.08. The van der Waals surface area contributed by atoms with Gasteiger partial charge in [0.25, 0.3) is 0 Å². The van der Waals surface area contributed by atoms with E-state index in [1.165, 1.54) is 0 Å². The van der Waals surface area contributed by atoms with Gasteiger partial charge < -0.3 is 24.3 Å². The summed E-state index contributed by atoms with van der Waals surface area (Å²) in [5, 5.41) is 3.42. The van der Waals surface area contributed by atoms with Crippen molar-refractivity contribution in [3.05, 3.63) is 23.8 Å². The summed E-state index contributed by atoms with van der Waals surface area (Å²) in [6.45, 7) is 5.81. The number of benzene rings is 1. The minimum absolute atomic E-state index is 0.0121. The van der Waals surface area contributed by atoms with E-state index < -0.39 is 0 Å². The van der Waals surface area contributed by atoms with E-state index in [4.69, 9.17) is 18.9 Å². The van der Waals surface area contributed by atoms with Crippen LogP contribution in [0.15, 0.2) is 18.2 Å². The highest BCUT2D eigenvalue weighted by Gasteiger charge is 2.68.